The van der Waals surface area contributed by atoms with Crippen LogP contribution in [0.3, 0.4) is 0 Å². The van der Waals surface area contributed by atoms with E-state index in [4.69, 9.17) is 4.84 Å². The van der Waals surface area contributed by atoms with Crippen LogP contribution in [0.4, 0.5) is 0 Å². The molecule has 1 heterocycles. The summed E-state index contributed by atoms with van der Waals surface area (Å²) in [7, 11) is 0. The second-order valence-electron chi connectivity index (χ2n) is 6.19. The normalized spacial score (nSPS) is 19.6. The summed E-state index contributed by atoms with van der Waals surface area (Å²) in [6, 6.07) is 31.2. The Hall–Kier alpha value is -2.87. The standard InChI is InChI=1S/C22H19NO/c1-4-10-18(11-5-1)16-22(20-14-8-3-9-15-20)17-21(23-24-22)19-12-6-2-7-13-19/h1-15H,16-17H2. The molecule has 0 aromatic heterocycles. The fourth-order valence-corrected chi connectivity index (χ4v) is 3.28. The van der Waals surface area contributed by atoms with Crippen molar-refractivity contribution >= 4 is 5.71 Å². The first-order valence-corrected chi connectivity index (χ1v) is 8.26. The van der Waals surface area contributed by atoms with Gasteiger partial charge in [-0.25, -0.2) is 0 Å². The Morgan fingerprint density at radius 1 is 0.750 bits per heavy atom. The molecule has 0 radical (unpaired) electrons. The molecule has 3 aromatic rings. The molecule has 1 aliphatic rings. The van der Waals surface area contributed by atoms with Gasteiger partial charge in [0, 0.05) is 12.8 Å². The summed E-state index contributed by atoms with van der Waals surface area (Å²) in [4.78, 5) is 6.09. The van der Waals surface area contributed by atoms with Crippen LogP contribution in [-0.4, -0.2) is 5.71 Å². The van der Waals surface area contributed by atoms with Gasteiger partial charge in [0.05, 0.1) is 5.71 Å². The largest absolute Gasteiger partial charge is 0.383 e. The van der Waals surface area contributed by atoms with Crippen molar-refractivity contribution < 1.29 is 4.84 Å². The van der Waals surface area contributed by atoms with Crippen LogP contribution >= 0.6 is 0 Å². The average Bonchev–Trinajstić information content (AvgIpc) is 3.09. The van der Waals surface area contributed by atoms with E-state index in [-0.39, 0.29) is 0 Å². The summed E-state index contributed by atoms with van der Waals surface area (Å²) in [5.41, 5.74) is 4.13. The Morgan fingerprint density at radius 3 is 2.00 bits per heavy atom. The van der Waals surface area contributed by atoms with E-state index < -0.39 is 5.60 Å². The molecular formula is C22H19NO. The van der Waals surface area contributed by atoms with Crippen LogP contribution in [-0.2, 0) is 16.9 Å². The van der Waals surface area contributed by atoms with E-state index in [1.54, 1.807) is 0 Å². The summed E-state index contributed by atoms with van der Waals surface area (Å²) in [5, 5.41) is 4.45. The van der Waals surface area contributed by atoms with Crippen LogP contribution in [0.5, 0.6) is 0 Å². The molecule has 1 unspecified atom stereocenters. The van der Waals surface area contributed by atoms with Gasteiger partial charge < -0.3 is 4.84 Å². The number of oxime groups is 1. The van der Waals surface area contributed by atoms with E-state index in [0.29, 0.717) is 0 Å². The van der Waals surface area contributed by atoms with E-state index in [2.05, 4.69) is 65.8 Å². The Kier molecular flexibility index (Phi) is 3.87. The fraction of sp³-hybridized carbons (Fsp3) is 0.136. The van der Waals surface area contributed by atoms with Gasteiger partial charge in [-0.3, -0.25) is 0 Å². The molecule has 1 aliphatic heterocycles. The third-order valence-electron chi connectivity index (χ3n) is 4.52. The van der Waals surface area contributed by atoms with Gasteiger partial charge in [-0.15, -0.1) is 0 Å². The predicted molar refractivity (Wildman–Crippen MR) is 96.9 cm³/mol. The molecule has 2 nitrogen and oxygen atoms in total. The monoisotopic (exact) mass is 313 g/mol. The van der Waals surface area contributed by atoms with Crippen LogP contribution < -0.4 is 0 Å². The highest BCUT2D eigenvalue weighted by molar-refractivity contribution is 6.01. The zero-order chi connectivity index (χ0) is 16.2. The maximum absolute atomic E-state index is 6.09. The highest BCUT2D eigenvalue weighted by Crippen LogP contribution is 2.39. The molecular weight excluding hydrogens is 294 g/mol. The van der Waals surface area contributed by atoms with Crippen molar-refractivity contribution in [2.24, 2.45) is 5.16 Å². The highest BCUT2D eigenvalue weighted by atomic mass is 16.7. The SMILES string of the molecule is c1ccc(CC2(c3ccccc3)CC(c3ccccc3)=NO2)cc1. The Morgan fingerprint density at radius 2 is 1.33 bits per heavy atom. The van der Waals surface area contributed by atoms with Crippen molar-refractivity contribution in [3.63, 3.8) is 0 Å². The van der Waals surface area contributed by atoms with Gasteiger partial charge in [0.15, 0.2) is 5.60 Å². The molecule has 1 atom stereocenters. The van der Waals surface area contributed by atoms with Gasteiger partial charge in [0.2, 0.25) is 0 Å². The van der Waals surface area contributed by atoms with Gasteiger partial charge in [-0.1, -0.05) is 96.2 Å². The minimum Gasteiger partial charge on any atom is -0.383 e. The molecule has 0 amide bonds. The minimum atomic E-state index is -0.437. The molecule has 0 saturated carbocycles. The molecule has 0 saturated heterocycles. The Bertz CT molecular complexity index is 828. The maximum atomic E-state index is 6.09. The second-order valence-corrected chi connectivity index (χ2v) is 6.19. The molecule has 0 spiro atoms. The topological polar surface area (TPSA) is 21.6 Å². The van der Waals surface area contributed by atoms with Crippen molar-refractivity contribution in [2.75, 3.05) is 0 Å². The Balaban J connectivity index is 1.69. The number of hydrogen-bond donors (Lipinski definition) is 0. The van der Waals surface area contributed by atoms with E-state index in [9.17, 15) is 0 Å². The first-order chi connectivity index (χ1) is 11.9. The van der Waals surface area contributed by atoms with Gasteiger partial charge in [0.25, 0.3) is 0 Å². The zero-order valence-corrected chi connectivity index (χ0v) is 13.4. The first-order valence-electron chi connectivity index (χ1n) is 8.26. The second kappa shape index (κ2) is 6.32. The molecule has 118 valence electrons. The van der Waals surface area contributed by atoms with E-state index in [0.717, 1.165) is 24.1 Å². The van der Waals surface area contributed by atoms with Crippen LogP contribution in [0.15, 0.2) is 96.2 Å². The molecule has 0 bridgehead atoms. The molecule has 4 rings (SSSR count). The maximum Gasteiger partial charge on any atom is 0.172 e. The lowest BCUT2D eigenvalue weighted by molar-refractivity contribution is -0.0230. The highest BCUT2D eigenvalue weighted by Gasteiger charge is 2.41. The van der Waals surface area contributed by atoms with Crippen molar-refractivity contribution in [2.45, 2.75) is 18.4 Å². The average molecular weight is 313 g/mol. The lowest BCUT2D eigenvalue weighted by Crippen LogP contribution is -2.29. The number of benzene rings is 3. The van der Waals surface area contributed by atoms with Crippen molar-refractivity contribution in [1.82, 2.24) is 0 Å². The molecule has 2 heteroatoms. The van der Waals surface area contributed by atoms with Crippen LogP contribution in [0, 0.1) is 0 Å². The number of nitrogens with zero attached hydrogens (tertiary/aromatic N) is 1. The van der Waals surface area contributed by atoms with Crippen molar-refractivity contribution in [1.29, 1.82) is 0 Å². The summed E-state index contributed by atoms with van der Waals surface area (Å²) >= 11 is 0. The smallest absolute Gasteiger partial charge is 0.172 e. The van der Waals surface area contributed by atoms with Crippen LogP contribution in [0.1, 0.15) is 23.1 Å². The van der Waals surface area contributed by atoms with Gasteiger partial charge in [-0.2, -0.15) is 0 Å². The van der Waals surface area contributed by atoms with Gasteiger partial charge in [0.1, 0.15) is 0 Å². The predicted octanol–water partition coefficient (Wildman–Crippen LogP) is 4.95. The first kappa shape index (κ1) is 14.7. The van der Waals surface area contributed by atoms with Crippen LogP contribution in [0.2, 0.25) is 0 Å². The summed E-state index contributed by atoms with van der Waals surface area (Å²) in [5.74, 6) is 0. The summed E-state index contributed by atoms with van der Waals surface area (Å²) < 4.78 is 0. The summed E-state index contributed by atoms with van der Waals surface area (Å²) in [6.07, 6.45) is 1.58. The van der Waals surface area contributed by atoms with E-state index in [1.165, 1.54) is 11.1 Å². The Labute approximate surface area is 142 Å². The lowest BCUT2D eigenvalue weighted by atomic mass is 9.82. The van der Waals surface area contributed by atoms with Gasteiger partial charge >= 0.3 is 0 Å². The lowest BCUT2D eigenvalue weighted by Gasteiger charge is -2.27. The molecule has 24 heavy (non-hydrogen) atoms. The van der Waals surface area contributed by atoms with Crippen molar-refractivity contribution in [3.8, 4) is 0 Å². The van der Waals surface area contributed by atoms with E-state index >= 15 is 0 Å². The third-order valence-corrected chi connectivity index (χ3v) is 4.52. The van der Waals surface area contributed by atoms with Gasteiger partial charge in [-0.05, 0) is 16.7 Å². The molecule has 0 N–H and O–H groups in total. The third kappa shape index (κ3) is 2.83. The zero-order valence-electron chi connectivity index (χ0n) is 13.4. The van der Waals surface area contributed by atoms with Crippen molar-refractivity contribution in [3.05, 3.63) is 108 Å². The number of hydrogen-bond acceptors (Lipinski definition) is 2. The number of rotatable bonds is 4. The molecule has 0 fully saturated rings. The quantitative estimate of drug-likeness (QED) is 0.668. The molecule has 3 aromatic carbocycles. The molecule has 0 aliphatic carbocycles. The summed E-state index contributed by atoms with van der Waals surface area (Å²) in [6.45, 7) is 0. The minimum absolute atomic E-state index is 0.437. The fourth-order valence-electron chi connectivity index (χ4n) is 3.28. The van der Waals surface area contributed by atoms with E-state index in [1.807, 2.05) is 30.3 Å². The van der Waals surface area contributed by atoms with Crippen LogP contribution in [0.25, 0.3) is 0 Å².